The van der Waals surface area contributed by atoms with E-state index in [-0.39, 0.29) is 11.8 Å². The van der Waals surface area contributed by atoms with Crippen molar-refractivity contribution >= 4 is 9.84 Å². The van der Waals surface area contributed by atoms with Gasteiger partial charge in [-0.05, 0) is 51.4 Å². The highest BCUT2D eigenvalue weighted by Gasteiger charge is 2.29. The van der Waals surface area contributed by atoms with Crippen molar-refractivity contribution < 1.29 is 12.9 Å². The number of likely N-dealkylation sites (tertiary alicyclic amines) is 1. The van der Waals surface area contributed by atoms with E-state index < -0.39 is 9.84 Å². The van der Waals surface area contributed by atoms with Crippen LogP contribution in [0.5, 0.6) is 0 Å². The summed E-state index contributed by atoms with van der Waals surface area (Å²) in [4.78, 5) is 2.71. The van der Waals surface area contributed by atoms with E-state index >= 15 is 0 Å². The Balaban J connectivity index is 1.58. The molecule has 2 heterocycles. The highest BCUT2D eigenvalue weighted by Crippen LogP contribution is 2.32. The Labute approximate surface area is 137 Å². The van der Waals surface area contributed by atoms with Gasteiger partial charge in [0, 0.05) is 6.07 Å². The van der Waals surface area contributed by atoms with Crippen molar-refractivity contribution in [2.75, 3.05) is 18.8 Å². The first-order valence-electron chi connectivity index (χ1n) is 8.01. The SMILES string of the molecule is Cc1cc(C2CCCN2CCCS(=O)(=O)c2ccccc2)on1. The first-order chi connectivity index (χ1) is 11.1. The van der Waals surface area contributed by atoms with Gasteiger partial charge in [0.1, 0.15) is 0 Å². The van der Waals surface area contributed by atoms with Crippen LogP contribution < -0.4 is 0 Å². The lowest BCUT2D eigenvalue weighted by molar-refractivity contribution is 0.214. The molecule has 6 heteroatoms. The molecule has 1 fully saturated rings. The molecule has 1 aromatic carbocycles. The number of aryl methyl sites for hydroxylation is 1. The summed E-state index contributed by atoms with van der Waals surface area (Å²) in [5.74, 6) is 1.07. The molecule has 5 nitrogen and oxygen atoms in total. The van der Waals surface area contributed by atoms with E-state index in [1.165, 1.54) is 0 Å². The zero-order valence-corrected chi connectivity index (χ0v) is 14.1. The second-order valence-electron chi connectivity index (χ2n) is 6.05. The Morgan fingerprint density at radius 2 is 2.09 bits per heavy atom. The summed E-state index contributed by atoms with van der Waals surface area (Å²) in [6, 6.07) is 10.9. The highest BCUT2D eigenvalue weighted by molar-refractivity contribution is 7.91. The van der Waals surface area contributed by atoms with Crippen molar-refractivity contribution in [3.05, 3.63) is 47.9 Å². The third kappa shape index (κ3) is 3.82. The van der Waals surface area contributed by atoms with Gasteiger partial charge in [-0.2, -0.15) is 0 Å². The average molecular weight is 334 g/mol. The van der Waals surface area contributed by atoms with Gasteiger partial charge in [0.2, 0.25) is 0 Å². The number of rotatable bonds is 6. The van der Waals surface area contributed by atoms with Gasteiger partial charge in [-0.25, -0.2) is 8.42 Å². The normalized spacial score (nSPS) is 19.3. The highest BCUT2D eigenvalue weighted by atomic mass is 32.2. The Hall–Kier alpha value is -1.66. The van der Waals surface area contributed by atoms with Crippen LogP contribution in [0.1, 0.15) is 36.8 Å². The second-order valence-corrected chi connectivity index (χ2v) is 8.16. The van der Waals surface area contributed by atoms with E-state index in [4.69, 9.17) is 4.52 Å². The number of benzene rings is 1. The summed E-state index contributed by atoms with van der Waals surface area (Å²) in [6.45, 7) is 3.66. The monoisotopic (exact) mass is 334 g/mol. The van der Waals surface area contributed by atoms with E-state index in [1.807, 2.05) is 19.1 Å². The number of hydrogen-bond donors (Lipinski definition) is 0. The average Bonchev–Trinajstić information content (AvgIpc) is 3.17. The molecular weight excluding hydrogens is 312 g/mol. The minimum atomic E-state index is -3.19. The lowest BCUT2D eigenvalue weighted by Gasteiger charge is -2.22. The first-order valence-corrected chi connectivity index (χ1v) is 9.66. The molecular formula is C17H22N2O3S. The molecule has 0 spiro atoms. The number of aromatic nitrogens is 1. The van der Waals surface area contributed by atoms with Gasteiger partial charge in [0.15, 0.2) is 15.6 Å². The molecule has 1 aliphatic rings. The third-order valence-electron chi connectivity index (χ3n) is 4.30. The van der Waals surface area contributed by atoms with Crippen molar-refractivity contribution in [1.82, 2.24) is 10.1 Å². The third-order valence-corrected chi connectivity index (χ3v) is 6.12. The van der Waals surface area contributed by atoms with E-state index in [9.17, 15) is 8.42 Å². The summed E-state index contributed by atoms with van der Waals surface area (Å²) in [5.41, 5.74) is 0.888. The van der Waals surface area contributed by atoms with Crippen LogP contribution in [0, 0.1) is 6.92 Å². The molecule has 0 aliphatic carbocycles. The maximum absolute atomic E-state index is 12.3. The summed E-state index contributed by atoms with van der Waals surface area (Å²) < 4.78 is 30.0. The zero-order valence-electron chi connectivity index (χ0n) is 13.3. The second kappa shape index (κ2) is 6.84. The van der Waals surface area contributed by atoms with Gasteiger partial charge in [0.25, 0.3) is 0 Å². The lowest BCUT2D eigenvalue weighted by Crippen LogP contribution is -2.25. The van der Waals surface area contributed by atoms with Gasteiger partial charge < -0.3 is 4.52 Å². The Morgan fingerprint density at radius 3 is 2.78 bits per heavy atom. The largest absolute Gasteiger partial charge is 0.359 e. The van der Waals surface area contributed by atoms with Crippen LogP contribution in [-0.4, -0.2) is 37.3 Å². The fourth-order valence-corrected chi connectivity index (χ4v) is 4.48. The van der Waals surface area contributed by atoms with Gasteiger partial charge in [-0.3, -0.25) is 4.90 Å². The van der Waals surface area contributed by atoms with Gasteiger partial charge >= 0.3 is 0 Å². The quantitative estimate of drug-likeness (QED) is 0.812. The van der Waals surface area contributed by atoms with Gasteiger partial charge in [-0.15, -0.1) is 0 Å². The van der Waals surface area contributed by atoms with Crippen molar-refractivity contribution in [3.63, 3.8) is 0 Å². The molecule has 1 saturated heterocycles. The molecule has 124 valence electrons. The molecule has 0 N–H and O–H groups in total. The lowest BCUT2D eigenvalue weighted by atomic mass is 10.1. The van der Waals surface area contributed by atoms with Crippen molar-refractivity contribution in [1.29, 1.82) is 0 Å². The summed E-state index contributed by atoms with van der Waals surface area (Å²) in [7, 11) is -3.19. The van der Waals surface area contributed by atoms with Crippen molar-refractivity contribution in [3.8, 4) is 0 Å². The molecule has 23 heavy (non-hydrogen) atoms. The Bertz CT molecular complexity index is 740. The van der Waals surface area contributed by atoms with Crippen LogP contribution in [0.15, 0.2) is 45.8 Å². The molecule has 1 unspecified atom stereocenters. The fraction of sp³-hybridized carbons (Fsp3) is 0.471. The van der Waals surface area contributed by atoms with Crippen molar-refractivity contribution in [2.45, 2.75) is 37.1 Å². The summed E-state index contributed by atoms with van der Waals surface area (Å²) in [6.07, 6.45) is 2.77. The van der Waals surface area contributed by atoms with Crippen LogP contribution >= 0.6 is 0 Å². The minimum absolute atomic E-state index is 0.176. The summed E-state index contributed by atoms with van der Waals surface area (Å²) >= 11 is 0. The molecule has 0 radical (unpaired) electrons. The number of nitrogens with zero attached hydrogens (tertiary/aromatic N) is 2. The number of sulfone groups is 1. The molecule has 0 amide bonds. The van der Waals surface area contributed by atoms with Crippen LogP contribution in [0.2, 0.25) is 0 Å². The van der Waals surface area contributed by atoms with E-state index in [0.29, 0.717) is 11.3 Å². The van der Waals surface area contributed by atoms with Crippen LogP contribution in [0.3, 0.4) is 0 Å². The van der Waals surface area contributed by atoms with E-state index in [2.05, 4.69) is 10.1 Å². The molecule has 1 aromatic heterocycles. The predicted octanol–water partition coefficient (Wildman–Crippen LogP) is 2.98. The van der Waals surface area contributed by atoms with Crippen molar-refractivity contribution in [2.24, 2.45) is 0 Å². The van der Waals surface area contributed by atoms with Crippen LogP contribution in [0.4, 0.5) is 0 Å². The van der Waals surface area contributed by atoms with E-state index in [0.717, 1.165) is 37.4 Å². The smallest absolute Gasteiger partial charge is 0.178 e. The topological polar surface area (TPSA) is 63.4 Å². The molecule has 3 rings (SSSR count). The summed E-state index contributed by atoms with van der Waals surface area (Å²) in [5, 5.41) is 3.96. The Morgan fingerprint density at radius 1 is 1.30 bits per heavy atom. The maximum atomic E-state index is 12.3. The first kappa shape index (κ1) is 16.2. The minimum Gasteiger partial charge on any atom is -0.359 e. The molecule has 0 saturated carbocycles. The molecule has 1 aliphatic heterocycles. The molecule has 1 atom stereocenters. The fourth-order valence-electron chi connectivity index (χ4n) is 3.16. The van der Waals surface area contributed by atoms with Crippen LogP contribution in [0.25, 0.3) is 0 Å². The Kier molecular flexibility index (Phi) is 4.82. The molecule has 2 aromatic rings. The van der Waals surface area contributed by atoms with E-state index in [1.54, 1.807) is 24.3 Å². The van der Waals surface area contributed by atoms with Gasteiger partial charge in [0.05, 0.1) is 22.4 Å². The number of hydrogen-bond acceptors (Lipinski definition) is 5. The standard InChI is InChI=1S/C17H22N2O3S/c1-14-13-17(22-18-14)16-9-5-10-19(16)11-6-12-23(20,21)15-7-3-2-4-8-15/h2-4,7-8,13,16H,5-6,9-12H2,1H3. The van der Waals surface area contributed by atoms with Gasteiger partial charge in [-0.1, -0.05) is 23.4 Å². The zero-order chi connectivity index (χ0) is 16.3. The van der Waals surface area contributed by atoms with Crippen LogP contribution in [-0.2, 0) is 9.84 Å². The predicted molar refractivity (Wildman–Crippen MR) is 87.9 cm³/mol. The maximum Gasteiger partial charge on any atom is 0.178 e. The molecule has 0 bridgehead atoms.